The minimum atomic E-state index is -0.0257. The van der Waals surface area contributed by atoms with Crippen LogP contribution in [-0.4, -0.2) is 31.5 Å². The van der Waals surface area contributed by atoms with Crippen molar-refractivity contribution in [3.05, 3.63) is 71.3 Å². The molecule has 1 saturated carbocycles. The molecule has 5 nitrogen and oxygen atoms in total. The van der Waals surface area contributed by atoms with Gasteiger partial charge in [0.1, 0.15) is 0 Å². The highest BCUT2D eigenvalue weighted by molar-refractivity contribution is 14.0. The lowest BCUT2D eigenvalue weighted by molar-refractivity contribution is 0.0939. The zero-order valence-corrected chi connectivity index (χ0v) is 20.4. The minimum absolute atomic E-state index is 0. The molecule has 1 fully saturated rings. The summed E-state index contributed by atoms with van der Waals surface area (Å²) in [6.45, 7) is 5.56. The third-order valence-electron chi connectivity index (χ3n) is 5.70. The van der Waals surface area contributed by atoms with Gasteiger partial charge in [-0.1, -0.05) is 49.4 Å². The van der Waals surface area contributed by atoms with Crippen LogP contribution in [0.1, 0.15) is 54.6 Å². The van der Waals surface area contributed by atoms with E-state index in [0.29, 0.717) is 12.1 Å². The maximum Gasteiger partial charge on any atom is 0.251 e. The van der Waals surface area contributed by atoms with Crippen molar-refractivity contribution in [2.24, 2.45) is 4.99 Å². The largest absolute Gasteiger partial charge is 0.356 e. The molecule has 0 saturated heterocycles. The first-order valence-corrected chi connectivity index (χ1v) is 10.5. The predicted molar refractivity (Wildman–Crippen MR) is 135 cm³/mol. The highest BCUT2D eigenvalue weighted by Crippen LogP contribution is 2.47. The van der Waals surface area contributed by atoms with Crippen LogP contribution in [0.15, 0.2) is 59.6 Å². The standard InChI is InChI=1S/C24H32N4O.HI/c1-4-18(2)28-22(29)20-10-8-9-19(15-20)16-26-23(25-3)27-17-24(13-14-24)21-11-6-5-7-12-21;/h5-12,15,18H,4,13-14,16-17H2,1-3H3,(H,28,29)(H2,25,26,27);1H. The molecule has 0 spiro atoms. The predicted octanol–water partition coefficient (Wildman–Crippen LogP) is 4.23. The summed E-state index contributed by atoms with van der Waals surface area (Å²) >= 11 is 0. The number of halogens is 1. The molecule has 0 radical (unpaired) electrons. The second-order valence-electron chi connectivity index (χ2n) is 7.91. The molecule has 3 rings (SSSR count). The highest BCUT2D eigenvalue weighted by Gasteiger charge is 2.43. The van der Waals surface area contributed by atoms with Crippen molar-refractivity contribution >= 4 is 35.8 Å². The first-order chi connectivity index (χ1) is 14.1. The van der Waals surface area contributed by atoms with Gasteiger partial charge in [-0.3, -0.25) is 9.79 Å². The second kappa shape index (κ2) is 11.3. The van der Waals surface area contributed by atoms with Crippen molar-refractivity contribution in [1.29, 1.82) is 0 Å². The molecule has 0 aromatic heterocycles. The Morgan fingerprint density at radius 3 is 2.47 bits per heavy atom. The van der Waals surface area contributed by atoms with E-state index in [0.717, 1.165) is 24.5 Å². The summed E-state index contributed by atoms with van der Waals surface area (Å²) in [7, 11) is 1.79. The Kier molecular flexibility index (Phi) is 9.14. The van der Waals surface area contributed by atoms with Crippen LogP contribution >= 0.6 is 24.0 Å². The third kappa shape index (κ3) is 6.45. The number of carbonyl (C=O) groups is 1. The van der Waals surface area contributed by atoms with Gasteiger partial charge in [-0.15, -0.1) is 24.0 Å². The molecule has 3 N–H and O–H groups in total. The van der Waals surface area contributed by atoms with Crippen molar-refractivity contribution < 1.29 is 4.79 Å². The van der Waals surface area contributed by atoms with Gasteiger partial charge in [0.05, 0.1) is 0 Å². The normalized spacial score (nSPS) is 15.5. The lowest BCUT2D eigenvalue weighted by Gasteiger charge is -2.19. The fourth-order valence-electron chi connectivity index (χ4n) is 3.40. The van der Waals surface area contributed by atoms with Gasteiger partial charge in [0.25, 0.3) is 5.91 Å². The lowest BCUT2D eigenvalue weighted by Crippen LogP contribution is -2.40. The average Bonchev–Trinajstić information content (AvgIpc) is 3.55. The summed E-state index contributed by atoms with van der Waals surface area (Å²) in [4.78, 5) is 16.7. The van der Waals surface area contributed by atoms with E-state index in [2.05, 4.69) is 58.2 Å². The Morgan fingerprint density at radius 2 is 1.83 bits per heavy atom. The maximum atomic E-state index is 12.3. The average molecular weight is 520 g/mol. The molecule has 1 aliphatic rings. The smallest absolute Gasteiger partial charge is 0.251 e. The third-order valence-corrected chi connectivity index (χ3v) is 5.70. The molecule has 1 aliphatic carbocycles. The van der Waals surface area contributed by atoms with Gasteiger partial charge < -0.3 is 16.0 Å². The van der Waals surface area contributed by atoms with Gasteiger partial charge in [-0.2, -0.15) is 0 Å². The monoisotopic (exact) mass is 520 g/mol. The van der Waals surface area contributed by atoms with Crippen molar-refractivity contribution in [2.75, 3.05) is 13.6 Å². The number of nitrogens with one attached hydrogen (secondary N) is 3. The van der Waals surface area contributed by atoms with E-state index in [1.165, 1.54) is 18.4 Å². The van der Waals surface area contributed by atoms with Crippen LogP contribution in [0.2, 0.25) is 0 Å². The van der Waals surface area contributed by atoms with E-state index in [4.69, 9.17) is 0 Å². The summed E-state index contributed by atoms with van der Waals surface area (Å²) < 4.78 is 0. The molecule has 1 atom stereocenters. The molecule has 0 bridgehead atoms. The molecular formula is C24H33IN4O. The van der Waals surface area contributed by atoms with Crippen LogP contribution in [0.5, 0.6) is 0 Å². The number of nitrogens with zero attached hydrogens (tertiary/aromatic N) is 1. The summed E-state index contributed by atoms with van der Waals surface area (Å²) in [5.74, 6) is 0.754. The zero-order valence-electron chi connectivity index (χ0n) is 18.1. The summed E-state index contributed by atoms with van der Waals surface area (Å²) in [6, 6.07) is 18.6. The van der Waals surface area contributed by atoms with E-state index in [-0.39, 0.29) is 41.3 Å². The molecule has 1 amide bonds. The first-order valence-electron chi connectivity index (χ1n) is 10.5. The Bertz CT molecular complexity index is 849. The molecule has 6 heteroatoms. The van der Waals surface area contributed by atoms with Crippen LogP contribution in [-0.2, 0) is 12.0 Å². The number of hydrogen-bond acceptors (Lipinski definition) is 2. The van der Waals surface area contributed by atoms with Gasteiger partial charge in [-0.05, 0) is 49.4 Å². The highest BCUT2D eigenvalue weighted by atomic mass is 127. The van der Waals surface area contributed by atoms with Gasteiger partial charge in [0.2, 0.25) is 0 Å². The SMILES string of the molecule is CCC(C)NC(=O)c1cccc(CNC(=NC)NCC2(c3ccccc3)CC2)c1.I. The van der Waals surface area contributed by atoms with Gasteiger partial charge in [0.15, 0.2) is 5.96 Å². The fraction of sp³-hybridized carbons (Fsp3) is 0.417. The van der Waals surface area contributed by atoms with Crippen molar-refractivity contribution in [2.45, 2.75) is 51.1 Å². The fourth-order valence-corrected chi connectivity index (χ4v) is 3.40. The molecule has 2 aromatic carbocycles. The van der Waals surface area contributed by atoms with Crippen LogP contribution in [0.4, 0.5) is 0 Å². The molecule has 30 heavy (non-hydrogen) atoms. The van der Waals surface area contributed by atoms with E-state index in [1.807, 2.05) is 31.2 Å². The minimum Gasteiger partial charge on any atom is -0.356 e. The number of guanidine groups is 1. The topological polar surface area (TPSA) is 65.5 Å². The number of aliphatic imine (C=N–C) groups is 1. The van der Waals surface area contributed by atoms with Crippen LogP contribution in [0, 0.1) is 0 Å². The van der Waals surface area contributed by atoms with Crippen LogP contribution in [0.3, 0.4) is 0 Å². The second-order valence-corrected chi connectivity index (χ2v) is 7.91. The molecule has 2 aromatic rings. The summed E-state index contributed by atoms with van der Waals surface area (Å²) in [5.41, 5.74) is 3.36. The number of carbonyl (C=O) groups excluding carboxylic acids is 1. The first kappa shape index (κ1) is 24.2. The Hall–Kier alpha value is -2.09. The maximum absolute atomic E-state index is 12.3. The Morgan fingerprint density at radius 1 is 1.10 bits per heavy atom. The van der Waals surface area contributed by atoms with Gasteiger partial charge in [0, 0.05) is 37.2 Å². The molecular weight excluding hydrogens is 487 g/mol. The summed E-state index contributed by atoms with van der Waals surface area (Å²) in [5, 5.41) is 9.85. The quantitative estimate of drug-likeness (QED) is 0.277. The Balaban J connectivity index is 0.00000320. The van der Waals surface area contributed by atoms with E-state index >= 15 is 0 Å². The number of rotatable bonds is 8. The molecule has 0 heterocycles. The van der Waals surface area contributed by atoms with E-state index in [1.54, 1.807) is 7.05 Å². The van der Waals surface area contributed by atoms with Crippen molar-refractivity contribution in [3.8, 4) is 0 Å². The lowest BCUT2D eigenvalue weighted by atomic mass is 9.96. The van der Waals surface area contributed by atoms with Gasteiger partial charge >= 0.3 is 0 Å². The van der Waals surface area contributed by atoms with Crippen molar-refractivity contribution in [3.63, 3.8) is 0 Å². The van der Waals surface area contributed by atoms with Gasteiger partial charge in [-0.25, -0.2) is 0 Å². The molecule has 1 unspecified atom stereocenters. The summed E-state index contributed by atoms with van der Waals surface area (Å²) in [6.07, 6.45) is 3.32. The molecule has 0 aliphatic heterocycles. The van der Waals surface area contributed by atoms with Crippen LogP contribution < -0.4 is 16.0 Å². The number of amides is 1. The van der Waals surface area contributed by atoms with E-state index in [9.17, 15) is 4.79 Å². The van der Waals surface area contributed by atoms with Crippen molar-refractivity contribution in [1.82, 2.24) is 16.0 Å². The van der Waals surface area contributed by atoms with E-state index < -0.39 is 0 Å². The zero-order chi connectivity index (χ0) is 20.7. The number of hydrogen-bond donors (Lipinski definition) is 3. The number of benzene rings is 2. The van der Waals surface area contributed by atoms with Crippen LogP contribution in [0.25, 0.3) is 0 Å². The Labute approximate surface area is 197 Å². The molecule has 162 valence electrons.